The van der Waals surface area contributed by atoms with Gasteiger partial charge in [-0.25, -0.2) is 4.39 Å². The highest BCUT2D eigenvalue weighted by atomic mass is 19.4. The highest BCUT2D eigenvalue weighted by molar-refractivity contribution is 5.99. The van der Waals surface area contributed by atoms with E-state index in [9.17, 15) is 27.5 Å². The summed E-state index contributed by atoms with van der Waals surface area (Å²) in [6.45, 7) is 1.43. The lowest BCUT2D eigenvalue weighted by Crippen LogP contribution is -2.28. The van der Waals surface area contributed by atoms with Crippen LogP contribution in [0.25, 0.3) is 10.8 Å². The molecule has 1 aliphatic heterocycles. The van der Waals surface area contributed by atoms with E-state index in [1.807, 2.05) is 24.3 Å². The number of Topliss-reactive ketones (excluding diaryl/α,β-unsaturated/α-hetero) is 1. The highest BCUT2D eigenvalue weighted by Gasteiger charge is 2.37. The zero-order chi connectivity index (χ0) is 25.6. The van der Waals surface area contributed by atoms with Crippen molar-refractivity contribution in [3.63, 3.8) is 0 Å². The van der Waals surface area contributed by atoms with Crippen LogP contribution in [0.1, 0.15) is 41.0 Å². The Morgan fingerprint density at radius 3 is 2.64 bits per heavy atom. The monoisotopic (exact) mass is 495 g/mol. The Morgan fingerprint density at radius 1 is 1.11 bits per heavy atom. The smallest absolute Gasteiger partial charge is 0.390 e. The van der Waals surface area contributed by atoms with Crippen LogP contribution in [0.5, 0.6) is 0 Å². The number of aliphatic hydroxyl groups is 1. The molecule has 184 valence electrons. The fourth-order valence-electron chi connectivity index (χ4n) is 4.80. The Morgan fingerprint density at radius 2 is 1.92 bits per heavy atom. The molecular formula is C27H21F4N3O2. The highest BCUT2D eigenvalue weighted by Crippen LogP contribution is 2.39. The maximum atomic E-state index is 14.6. The first kappa shape index (κ1) is 23.9. The molecular weight excluding hydrogens is 474 g/mol. The zero-order valence-electron chi connectivity index (χ0n) is 19.2. The van der Waals surface area contributed by atoms with Crippen molar-refractivity contribution < 1.29 is 27.5 Å². The minimum absolute atomic E-state index is 0.0496. The summed E-state index contributed by atoms with van der Waals surface area (Å²) in [5.74, 6) is -1.66. The van der Waals surface area contributed by atoms with Gasteiger partial charge in [-0.3, -0.25) is 14.5 Å². The zero-order valence-corrected chi connectivity index (χ0v) is 19.2. The number of hydrogen-bond donors (Lipinski definition) is 1. The number of rotatable bonds is 5. The van der Waals surface area contributed by atoms with E-state index in [0.717, 1.165) is 22.4 Å². The molecule has 2 aromatic heterocycles. The third-order valence-corrected chi connectivity index (χ3v) is 6.43. The van der Waals surface area contributed by atoms with Crippen LogP contribution in [0, 0.1) is 5.82 Å². The maximum absolute atomic E-state index is 14.6. The van der Waals surface area contributed by atoms with Gasteiger partial charge in [-0.15, -0.1) is 0 Å². The second-order valence-corrected chi connectivity index (χ2v) is 8.90. The summed E-state index contributed by atoms with van der Waals surface area (Å²) in [6.07, 6.45) is -1.03. The molecule has 3 heterocycles. The lowest BCUT2D eigenvalue weighted by atomic mass is 9.85. The average Bonchev–Trinajstić information content (AvgIpc) is 3.24. The van der Waals surface area contributed by atoms with Crippen molar-refractivity contribution in [2.45, 2.75) is 38.6 Å². The van der Waals surface area contributed by atoms with Crippen molar-refractivity contribution in [1.82, 2.24) is 14.8 Å². The summed E-state index contributed by atoms with van der Waals surface area (Å²) in [5, 5.41) is 15.8. The number of alkyl halides is 3. The number of pyridine rings is 1. The Balaban J connectivity index is 1.58. The lowest BCUT2D eigenvalue weighted by molar-refractivity contribution is -0.140. The number of hydrogen-bond acceptors (Lipinski definition) is 4. The summed E-state index contributed by atoms with van der Waals surface area (Å²) in [5.41, 5.74) is 1.65. The number of halogens is 4. The summed E-state index contributed by atoms with van der Waals surface area (Å²) >= 11 is 0. The van der Waals surface area contributed by atoms with E-state index in [4.69, 9.17) is 0 Å². The molecule has 0 spiro atoms. The molecule has 0 bridgehead atoms. The fraction of sp³-hybridized carbons (Fsp3) is 0.222. The third kappa shape index (κ3) is 4.30. The molecule has 1 N–H and O–H groups in total. The molecule has 9 heteroatoms. The van der Waals surface area contributed by atoms with Crippen LogP contribution in [0.2, 0.25) is 0 Å². The first-order valence-electron chi connectivity index (χ1n) is 11.3. The van der Waals surface area contributed by atoms with E-state index in [2.05, 4.69) is 10.1 Å². The van der Waals surface area contributed by atoms with Gasteiger partial charge in [0.2, 0.25) is 0 Å². The van der Waals surface area contributed by atoms with Crippen LogP contribution in [-0.4, -0.2) is 25.7 Å². The van der Waals surface area contributed by atoms with Gasteiger partial charge in [-0.2, -0.15) is 18.3 Å². The van der Waals surface area contributed by atoms with Gasteiger partial charge >= 0.3 is 6.18 Å². The number of carbonyl (C=O) groups is 1. The SMILES string of the molecule is CC1=C(C(=O)Cc2ccc3cnccc3c2)C(c2ccc(C(F)(F)F)c(F)c2)n2nc(CO)cc2C1. The van der Waals surface area contributed by atoms with Crippen LogP contribution in [0.3, 0.4) is 0 Å². The molecule has 0 amide bonds. The molecule has 2 aromatic carbocycles. The number of ketones is 1. The van der Waals surface area contributed by atoms with Gasteiger partial charge in [0.1, 0.15) is 11.9 Å². The molecule has 0 aliphatic carbocycles. The number of nitrogens with zero attached hydrogens (tertiary/aromatic N) is 3. The lowest BCUT2D eigenvalue weighted by Gasteiger charge is -2.29. The van der Waals surface area contributed by atoms with Gasteiger partial charge < -0.3 is 5.11 Å². The molecule has 5 rings (SSSR count). The molecule has 1 atom stereocenters. The molecule has 1 aliphatic rings. The molecule has 5 nitrogen and oxygen atoms in total. The van der Waals surface area contributed by atoms with Crippen LogP contribution < -0.4 is 0 Å². The van der Waals surface area contributed by atoms with E-state index in [-0.39, 0.29) is 24.4 Å². The second-order valence-electron chi connectivity index (χ2n) is 8.90. The van der Waals surface area contributed by atoms with Crippen LogP contribution >= 0.6 is 0 Å². The summed E-state index contributed by atoms with van der Waals surface area (Å²) < 4.78 is 55.6. The van der Waals surface area contributed by atoms with Gasteiger partial charge in [-0.1, -0.05) is 29.8 Å². The van der Waals surface area contributed by atoms with Crippen molar-refractivity contribution in [1.29, 1.82) is 0 Å². The van der Waals surface area contributed by atoms with Crippen LogP contribution in [0.4, 0.5) is 17.6 Å². The number of carbonyl (C=O) groups excluding carboxylic acids is 1. The molecule has 4 aromatic rings. The maximum Gasteiger partial charge on any atom is 0.419 e. The van der Waals surface area contributed by atoms with Crippen LogP contribution in [-0.2, 0) is 30.4 Å². The second kappa shape index (κ2) is 8.98. The van der Waals surface area contributed by atoms with Gasteiger partial charge in [0.05, 0.1) is 17.9 Å². The molecule has 36 heavy (non-hydrogen) atoms. The van der Waals surface area contributed by atoms with Gasteiger partial charge in [0.15, 0.2) is 5.78 Å². The summed E-state index contributed by atoms with van der Waals surface area (Å²) in [4.78, 5) is 17.7. The molecule has 0 radical (unpaired) electrons. The largest absolute Gasteiger partial charge is 0.419 e. The number of allylic oxidation sites excluding steroid dienone is 2. The normalized spacial score (nSPS) is 15.9. The van der Waals surface area contributed by atoms with E-state index >= 15 is 0 Å². The van der Waals surface area contributed by atoms with Crippen molar-refractivity contribution in [3.8, 4) is 0 Å². The Labute approximate surface area is 203 Å². The van der Waals surface area contributed by atoms with Crippen molar-refractivity contribution in [3.05, 3.63) is 106 Å². The number of benzene rings is 2. The number of aromatic nitrogens is 3. The Kier molecular flexibility index (Phi) is 5.96. The van der Waals surface area contributed by atoms with Crippen molar-refractivity contribution >= 4 is 16.6 Å². The predicted molar refractivity (Wildman–Crippen MR) is 125 cm³/mol. The molecule has 0 fully saturated rings. The summed E-state index contributed by atoms with van der Waals surface area (Å²) in [7, 11) is 0. The van der Waals surface area contributed by atoms with E-state index in [1.54, 1.807) is 25.4 Å². The van der Waals surface area contributed by atoms with Gasteiger partial charge in [0, 0.05) is 41.9 Å². The van der Waals surface area contributed by atoms with E-state index in [1.165, 1.54) is 10.7 Å². The first-order valence-corrected chi connectivity index (χ1v) is 11.3. The average molecular weight is 495 g/mol. The predicted octanol–water partition coefficient (Wildman–Crippen LogP) is 5.36. The topological polar surface area (TPSA) is 68.0 Å². The molecule has 1 unspecified atom stereocenters. The van der Waals surface area contributed by atoms with E-state index < -0.39 is 23.6 Å². The minimum Gasteiger partial charge on any atom is -0.390 e. The Bertz CT molecular complexity index is 1520. The van der Waals surface area contributed by atoms with Gasteiger partial charge in [-0.05, 0) is 47.7 Å². The number of fused-ring (bicyclic) bond motifs is 2. The number of aliphatic hydroxyl groups excluding tert-OH is 1. The molecule has 0 saturated heterocycles. The third-order valence-electron chi connectivity index (χ3n) is 6.43. The Hall–Kier alpha value is -3.85. The van der Waals surface area contributed by atoms with Gasteiger partial charge in [0.25, 0.3) is 0 Å². The first-order chi connectivity index (χ1) is 17.2. The van der Waals surface area contributed by atoms with Crippen LogP contribution in [0.15, 0.2) is 72.1 Å². The van der Waals surface area contributed by atoms with Crippen molar-refractivity contribution in [2.24, 2.45) is 0 Å². The molecule has 0 saturated carbocycles. The standard InChI is InChI=1S/C27H21F4N3O2/c1-15-8-21-12-20(14-35)33-34(21)26(18-4-5-22(23(28)11-18)27(29,30)31)25(15)24(36)10-16-2-3-19-13-32-7-6-17(19)9-16/h2-7,9,11-13,26,35H,8,10,14H2,1H3. The quantitative estimate of drug-likeness (QED) is 0.379. The van der Waals surface area contributed by atoms with E-state index in [0.29, 0.717) is 35.0 Å². The fourth-order valence-corrected chi connectivity index (χ4v) is 4.80. The van der Waals surface area contributed by atoms with Crippen molar-refractivity contribution in [2.75, 3.05) is 0 Å². The summed E-state index contributed by atoms with van der Waals surface area (Å²) in [6, 6.07) is 10.9. The minimum atomic E-state index is -4.84.